The van der Waals surface area contributed by atoms with Crippen molar-refractivity contribution in [1.29, 1.82) is 0 Å². The van der Waals surface area contributed by atoms with E-state index in [-0.39, 0.29) is 12.6 Å². The zero-order chi connectivity index (χ0) is 13.0. The Labute approximate surface area is 103 Å². The highest BCUT2D eigenvalue weighted by atomic mass is 16.5. The predicted octanol–water partition coefficient (Wildman–Crippen LogP) is 1.35. The summed E-state index contributed by atoms with van der Waals surface area (Å²) in [4.78, 5) is 0. The molecule has 0 saturated heterocycles. The van der Waals surface area contributed by atoms with E-state index >= 15 is 0 Å². The third kappa shape index (κ3) is 3.11. The van der Waals surface area contributed by atoms with Crippen LogP contribution in [0.3, 0.4) is 0 Å². The molecule has 0 aliphatic carbocycles. The van der Waals surface area contributed by atoms with Crippen molar-refractivity contribution in [3.63, 3.8) is 0 Å². The number of hydrogen-bond donors (Lipinski definition) is 3. The molecule has 0 aliphatic heterocycles. The third-order valence-corrected chi connectivity index (χ3v) is 2.97. The molecule has 1 aromatic rings. The fourth-order valence-electron chi connectivity index (χ4n) is 1.82. The van der Waals surface area contributed by atoms with Gasteiger partial charge < -0.3 is 20.9 Å². The minimum atomic E-state index is -0.263. The zero-order valence-corrected chi connectivity index (χ0v) is 11.0. The normalized spacial score (nSPS) is 12.4. The van der Waals surface area contributed by atoms with Crippen molar-refractivity contribution < 1.29 is 9.84 Å². The lowest BCUT2D eigenvalue weighted by molar-refractivity contribution is 0.270. The van der Waals surface area contributed by atoms with E-state index in [2.05, 4.69) is 18.3 Å². The molecule has 4 nitrogen and oxygen atoms in total. The summed E-state index contributed by atoms with van der Waals surface area (Å²) in [6, 6.07) is 1.85. The van der Waals surface area contributed by atoms with Crippen LogP contribution in [0.5, 0.6) is 5.75 Å². The van der Waals surface area contributed by atoms with Crippen LogP contribution in [-0.4, -0.2) is 31.4 Å². The van der Waals surface area contributed by atoms with Crippen LogP contribution in [0.15, 0.2) is 6.07 Å². The molecule has 0 fully saturated rings. The van der Waals surface area contributed by atoms with Gasteiger partial charge in [0, 0.05) is 12.6 Å². The molecule has 96 valence electrons. The minimum absolute atomic E-state index is 0.0286. The Kier molecular flexibility index (Phi) is 4.78. The molecule has 1 rings (SSSR count). The van der Waals surface area contributed by atoms with Crippen molar-refractivity contribution in [2.24, 2.45) is 5.73 Å². The van der Waals surface area contributed by atoms with Gasteiger partial charge in [-0.15, -0.1) is 0 Å². The van der Waals surface area contributed by atoms with Crippen LogP contribution in [0.25, 0.3) is 0 Å². The first-order valence-electron chi connectivity index (χ1n) is 5.76. The number of anilines is 1. The van der Waals surface area contributed by atoms with Crippen molar-refractivity contribution in [1.82, 2.24) is 0 Å². The molecule has 4 N–H and O–H groups in total. The lowest BCUT2D eigenvalue weighted by Gasteiger charge is -2.19. The number of nitrogens with two attached hydrogens (primary N) is 1. The molecule has 0 bridgehead atoms. The largest absolute Gasteiger partial charge is 0.494 e. The van der Waals surface area contributed by atoms with E-state index in [1.165, 1.54) is 5.56 Å². The van der Waals surface area contributed by atoms with E-state index in [0.29, 0.717) is 6.54 Å². The minimum Gasteiger partial charge on any atom is -0.494 e. The molecule has 0 spiro atoms. The van der Waals surface area contributed by atoms with Crippen molar-refractivity contribution in [3.05, 3.63) is 22.8 Å². The Bertz CT molecular complexity index is 391. The number of hydrogen-bond acceptors (Lipinski definition) is 4. The molecular formula is C13H22N2O2. The summed E-state index contributed by atoms with van der Waals surface area (Å²) < 4.78 is 5.44. The van der Waals surface area contributed by atoms with Crippen molar-refractivity contribution in [3.8, 4) is 5.75 Å². The average Bonchev–Trinajstić information content (AvgIpc) is 2.31. The van der Waals surface area contributed by atoms with Crippen LogP contribution < -0.4 is 15.8 Å². The fourth-order valence-corrected chi connectivity index (χ4v) is 1.82. The lowest BCUT2D eigenvalue weighted by Crippen LogP contribution is -2.32. The van der Waals surface area contributed by atoms with Gasteiger partial charge in [-0.1, -0.05) is 6.07 Å². The second-order valence-corrected chi connectivity index (χ2v) is 4.37. The molecule has 0 aromatic heterocycles. The summed E-state index contributed by atoms with van der Waals surface area (Å²) in [5.41, 5.74) is 10.1. The fraction of sp³-hybridized carbons (Fsp3) is 0.538. The summed E-state index contributed by atoms with van der Waals surface area (Å²) in [6.07, 6.45) is 0. The molecule has 1 unspecified atom stereocenters. The molecule has 0 saturated carbocycles. The Balaban J connectivity index is 3.01. The topological polar surface area (TPSA) is 67.5 Å². The quantitative estimate of drug-likeness (QED) is 0.724. The third-order valence-electron chi connectivity index (χ3n) is 2.97. The van der Waals surface area contributed by atoms with Gasteiger partial charge in [0.05, 0.1) is 19.4 Å². The first-order valence-corrected chi connectivity index (χ1v) is 5.76. The summed E-state index contributed by atoms with van der Waals surface area (Å²) in [5.74, 6) is 0.854. The van der Waals surface area contributed by atoms with Crippen LogP contribution in [0, 0.1) is 20.8 Å². The van der Waals surface area contributed by atoms with Crippen LogP contribution >= 0.6 is 0 Å². The Morgan fingerprint density at radius 3 is 2.53 bits per heavy atom. The van der Waals surface area contributed by atoms with Crippen LogP contribution in [-0.2, 0) is 0 Å². The maximum atomic E-state index is 8.91. The van der Waals surface area contributed by atoms with E-state index in [0.717, 1.165) is 22.6 Å². The monoisotopic (exact) mass is 238 g/mol. The number of methoxy groups -OCH3 is 1. The van der Waals surface area contributed by atoms with E-state index in [1.54, 1.807) is 7.11 Å². The molecule has 0 amide bonds. The number of aliphatic hydroxyl groups is 1. The average molecular weight is 238 g/mol. The number of aryl methyl sites for hydroxylation is 2. The molecule has 1 atom stereocenters. The van der Waals surface area contributed by atoms with E-state index in [9.17, 15) is 0 Å². The standard InChI is InChI=1S/C13H22N2O2/c1-8-5-9(2)12(13(17-4)10(8)3)15-6-11(14)7-16/h5,11,15-16H,6-7,14H2,1-4H3. The Morgan fingerprint density at radius 1 is 1.35 bits per heavy atom. The summed E-state index contributed by atoms with van der Waals surface area (Å²) in [6.45, 7) is 6.62. The van der Waals surface area contributed by atoms with Gasteiger partial charge in [0.25, 0.3) is 0 Å². The van der Waals surface area contributed by atoms with Gasteiger partial charge >= 0.3 is 0 Å². The molecule has 0 heterocycles. The van der Waals surface area contributed by atoms with Gasteiger partial charge in [0.15, 0.2) is 0 Å². The highest BCUT2D eigenvalue weighted by Gasteiger charge is 2.12. The number of ether oxygens (including phenoxy) is 1. The zero-order valence-electron chi connectivity index (χ0n) is 11.0. The second kappa shape index (κ2) is 5.89. The maximum absolute atomic E-state index is 8.91. The molecule has 17 heavy (non-hydrogen) atoms. The second-order valence-electron chi connectivity index (χ2n) is 4.37. The first-order chi connectivity index (χ1) is 8.01. The Hall–Kier alpha value is -1.26. The van der Waals surface area contributed by atoms with Crippen LogP contribution in [0.2, 0.25) is 0 Å². The highest BCUT2D eigenvalue weighted by molar-refractivity contribution is 5.66. The number of benzene rings is 1. The first kappa shape index (κ1) is 13.8. The summed E-state index contributed by atoms with van der Waals surface area (Å²) >= 11 is 0. The summed E-state index contributed by atoms with van der Waals surface area (Å²) in [5, 5.41) is 12.2. The van der Waals surface area contributed by atoms with Gasteiger partial charge in [-0.2, -0.15) is 0 Å². The van der Waals surface area contributed by atoms with Gasteiger partial charge in [0.2, 0.25) is 0 Å². The lowest BCUT2D eigenvalue weighted by atomic mass is 10.0. The van der Waals surface area contributed by atoms with Crippen molar-refractivity contribution >= 4 is 5.69 Å². The smallest absolute Gasteiger partial charge is 0.145 e. The maximum Gasteiger partial charge on any atom is 0.145 e. The predicted molar refractivity (Wildman–Crippen MR) is 70.8 cm³/mol. The van der Waals surface area contributed by atoms with Crippen molar-refractivity contribution in [2.45, 2.75) is 26.8 Å². The summed E-state index contributed by atoms with van der Waals surface area (Å²) in [7, 11) is 1.67. The van der Waals surface area contributed by atoms with Gasteiger partial charge in [-0.25, -0.2) is 0 Å². The molecular weight excluding hydrogens is 216 g/mol. The van der Waals surface area contributed by atoms with Gasteiger partial charge in [-0.3, -0.25) is 0 Å². The SMILES string of the molecule is COc1c(C)c(C)cc(C)c1NCC(N)CO. The molecule has 0 radical (unpaired) electrons. The van der Waals surface area contributed by atoms with Crippen LogP contribution in [0.1, 0.15) is 16.7 Å². The molecule has 0 aliphatic rings. The molecule has 4 heteroatoms. The number of nitrogens with one attached hydrogen (secondary N) is 1. The number of rotatable bonds is 5. The highest BCUT2D eigenvalue weighted by Crippen LogP contribution is 2.33. The van der Waals surface area contributed by atoms with Crippen LogP contribution in [0.4, 0.5) is 5.69 Å². The van der Waals surface area contributed by atoms with E-state index in [4.69, 9.17) is 15.6 Å². The van der Waals surface area contributed by atoms with E-state index < -0.39 is 0 Å². The molecule has 1 aromatic carbocycles. The Morgan fingerprint density at radius 2 is 2.00 bits per heavy atom. The van der Waals surface area contributed by atoms with Gasteiger partial charge in [0.1, 0.15) is 5.75 Å². The number of aliphatic hydroxyl groups excluding tert-OH is 1. The van der Waals surface area contributed by atoms with Gasteiger partial charge in [-0.05, 0) is 37.5 Å². The van der Waals surface area contributed by atoms with Crippen molar-refractivity contribution in [2.75, 3.05) is 25.6 Å². The van der Waals surface area contributed by atoms with E-state index in [1.807, 2.05) is 13.8 Å².